The molecular formula is C54H33N5O2. The molecule has 0 saturated carbocycles. The van der Waals surface area contributed by atoms with Gasteiger partial charge in [0.2, 0.25) is 0 Å². The fourth-order valence-electron chi connectivity index (χ4n) is 9.27. The molecular weight excluding hydrogens is 751 g/mol. The fraction of sp³-hybridized carbons (Fsp3) is 0. The molecule has 0 spiro atoms. The third-order valence-electron chi connectivity index (χ3n) is 11.9. The van der Waals surface area contributed by atoms with Crippen LogP contribution in [0.3, 0.4) is 0 Å². The molecule has 0 aliphatic heterocycles. The lowest BCUT2D eigenvalue weighted by atomic mass is 10.1. The monoisotopic (exact) mass is 783 g/mol. The van der Waals surface area contributed by atoms with Gasteiger partial charge in [-0.2, -0.15) is 0 Å². The minimum absolute atomic E-state index is 0.713. The second-order valence-corrected chi connectivity index (χ2v) is 15.4. The molecule has 7 heteroatoms. The van der Waals surface area contributed by atoms with Crippen LogP contribution in [-0.4, -0.2) is 18.7 Å². The van der Waals surface area contributed by atoms with Gasteiger partial charge in [-0.15, -0.1) is 0 Å². The molecule has 0 amide bonds. The van der Waals surface area contributed by atoms with Gasteiger partial charge in [-0.1, -0.05) is 115 Å². The molecule has 0 fully saturated rings. The highest BCUT2D eigenvalue weighted by atomic mass is 16.5. The van der Waals surface area contributed by atoms with Crippen molar-refractivity contribution in [1.29, 1.82) is 0 Å². The van der Waals surface area contributed by atoms with Gasteiger partial charge in [0.1, 0.15) is 28.5 Å². The van der Waals surface area contributed by atoms with Crippen molar-refractivity contribution in [3.8, 4) is 34.4 Å². The minimum Gasteiger partial charge on any atom is -0.458 e. The van der Waals surface area contributed by atoms with Crippen molar-refractivity contribution in [1.82, 2.24) is 18.7 Å². The summed E-state index contributed by atoms with van der Waals surface area (Å²) >= 11 is 0. The Labute approximate surface area is 348 Å². The van der Waals surface area contributed by atoms with Crippen molar-refractivity contribution in [2.24, 2.45) is 0 Å². The summed E-state index contributed by atoms with van der Waals surface area (Å²) in [4.78, 5) is 4.98. The summed E-state index contributed by atoms with van der Waals surface area (Å²) in [5, 5.41) is 6.70. The summed E-state index contributed by atoms with van der Waals surface area (Å²) in [6.45, 7) is 0. The molecule has 0 radical (unpaired) electrons. The first-order chi connectivity index (χ1) is 30.2. The zero-order chi connectivity index (χ0) is 40.0. The van der Waals surface area contributed by atoms with Crippen LogP contribution in [0.15, 0.2) is 205 Å². The SMILES string of the molecule is [c-]1n(-c2cccc(Oc3ccc4c5ccccc5n(-c5cc6oc7ccccc7c6cn5)c4c3)c2)c2ccccc2[n+]1-c1cccc2c3ccccc3n(-c3ccccc3)c12. The molecule has 0 unspecified atom stereocenters. The topological polar surface area (TPSA) is 53.9 Å². The fourth-order valence-corrected chi connectivity index (χ4v) is 9.27. The largest absolute Gasteiger partial charge is 0.458 e. The third kappa shape index (κ3) is 5.11. The van der Waals surface area contributed by atoms with Crippen molar-refractivity contribution >= 4 is 76.6 Å². The minimum atomic E-state index is 0.713. The highest BCUT2D eigenvalue weighted by Gasteiger charge is 2.21. The summed E-state index contributed by atoms with van der Waals surface area (Å²) in [5.74, 6) is 2.21. The molecule has 5 heterocycles. The Hall–Kier alpha value is -8.42. The lowest BCUT2D eigenvalue weighted by Crippen LogP contribution is -2.30. The zero-order valence-electron chi connectivity index (χ0n) is 32.6. The van der Waals surface area contributed by atoms with E-state index >= 15 is 0 Å². The average molecular weight is 784 g/mol. The van der Waals surface area contributed by atoms with Crippen molar-refractivity contribution in [3.63, 3.8) is 0 Å². The summed E-state index contributed by atoms with van der Waals surface area (Å²) in [6, 6.07) is 67.3. The highest BCUT2D eigenvalue weighted by Crippen LogP contribution is 2.38. The average Bonchev–Trinajstić information content (AvgIpc) is 4.07. The molecule has 286 valence electrons. The molecule has 61 heavy (non-hydrogen) atoms. The second-order valence-electron chi connectivity index (χ2n) is 15.4. The number of nitrogens with zero attached hydrogens (tertiary/aromatic N) is 5. The van der Waals surface area contributed by atoms with Crippen LogP contribution < -0.4 is 9.30 Å². The molecule has 0 bridgehead atoms. The number of benzene rings is 8. The molecule has 0 saturated heterocycles. The molecule has 5 aromatic heterocycles. The molecule has 8 aromatic carbocycles. The van der Waals surface area contributed by atoms with E-state index in [0.717, 1.165) is 94.4 Å². The van der Waals surface area contributed by atoms with Crippen molar-refractivity contribution in [3.05, 3.63) is 207 Å². The number of rotatable bonds is 6. The van der Waals surface area contributed by atoms with E-state index in [-0.39, 0.29) is 0 Å². The summed E-state index contributed by atoms with van der Waals surface area (Å²) in [7, 11) is 0. The normalized spacial score (nSPS) is 11.9. The predicted molar refractivity (Wildman–Crippen MR) is 244 cm³/mol. The Bertz CT molecular complexity index is 3870. The van der Waals surface area contributed by atoms with Crippen LogP contribution >= 0.6 is 0 Å². The van der Waals surface area contributed by atoms with Gasteiger partial charge in [0.15, 0.2) is 0 Å². The zero-order valence-corrected chi connectivity index (χ0v) is 32.6. The Kier molecular flexibility index (Phi) is 7.17. The van der Waals surface area contributed by atoms with Gasteiger partial charge < -0.3 is 13.7 Å². The van der Waals surface area contributed by atoms with E-state index in [4.69, 9.17) is 14.1 Å². The van der Waals surface area contributed by atoms with Gasteiger partial charge in [0, 0.05) is 56.3 Å². The smallest absolute Gasteiger partial charge is 0.269 e. The first-order valence-corrected chi connectivity index (χ1v) is 20.4. The van der Waals surface area contributed by atoms with Crippen LogP contribution in [0.1, 0.15) is 0 Å². The molecule has 13 aromatic rings. The lowest BCUT2D eigenvalue weighted by Gasteiger charge is -2.12. The first-order valence-electron chi connectivity index (χ1n) is 20.4. The predicted octanol–water partition coefficient (Wildman–Crippen LogP) is 13.0. The van der Waals surface area contributed by atoms with E-state index < -0.39 is 0 Å². The number of imidazole rings is 1. The maximum absolute atomic E-state index is 6.72. The van der Waals surface area contributed by atoms with Gasteiger partial charge in [-0.3, -0.25) is 13.7 Å². The number of hydrogen-bond acceptors (Lipinski definition) is 3. The molecule has 0 aliphatic rings. The summed E-state index contributed by atoms with van der Waals surface area (Å²) in [5.41, 5.74) is 11.1. The Balaban J connectivity index is 0.924. The number of para-hydroxylation sites is 7. The van der Waals surface area contributed by atoms with E-state index in [1.807, 2.05) is 48.7 Å². The highest BCUT2D eigenvalue weighted by molar-refractivity contribution is 6.12. The first kappa shape index (κ1) is 33.5. The van der Waals surface area contributed by atoms with E-state index in [1.54, 1.807) is 0 Å². The van der Waals surface area contributed by atoms with Crippen LogP contribution in [-0.2, 0) is 0 Å². The van der Waals surface area contributed by atoms with Gasteiger partial charge >= 0.3 is 0 Å². The van der Waals surface area contributed by atoms with Crippen molar-refractivity contribution in [2.75, 3.05) is 0 Å². The van der Waals surface area contributed by atoms with Gasteiger partial charge in [-0.05, 0) is 66.7 Å². The van der Waals surface area contributed by atoms with E-state index in [9.17, 15) is 0 Å². The Morgan fingerprint density at radius 2 is 1.11 bits per heavy atom. The number of hydrogen-bond donors (Lipinski definition) is 0. The molecule has 0 aliphatic carbocycles. The standard InChI is InChI=1S/C54H33N5O2/c1-2-14-35(15-3-1)58-45-22-7-5-19-40(45)43-21-13-26-49(54(43)58)57-34-56(47-24-9-10-25-48(47)57)36-16-12-17-37(30-36)60-38-28-29-41-39-18-4-8-23-46(39)59(50(41)31-38)53-32-52-44(33-55-53)42-20-6-11-27-51(42)61-52/h1-33H. The quantitative estimate of drug-likeness (QED) is 0.125. The van der Waals surface area contributed by atoms with Crippen molar-refractivity contribution < 1.29 is 13.7 Å². The maximum Gasteiger partial charge on any atom is 0.269 e. The Morgan fingerprint density at radius 3 is 1.98 bits per heavy atom. The number of fused-ring (bicyclic) bond motifs is 10. The maximum atomic E-state index is 6.72. The molecule has 0 atom stereocenters. The number of aromatic nitrogens is 5. The third-order valence-corrected chi connectivity index (χ3v) is 11.9. The van der Waals surface area contributed by atoms with E-state index in [1.165, 1.54) is 10.8 Å². The van der Waals surface area contributed by atoms with Crippen LogP contribution in [0, 0.1) is 6.33 Å². The van der Waals surface area contributed by atoms with Gasteiger partial charge in [0.05, 0.1) is 44.5 Å². The summed E-state index contributed by atoms with van der Waals surface area (Å²) < 4.78 is 21.9. The van der Waals surface area contributed by atoms with E-state index in [0.29, 0.717) is 5.75 Å². The lowest BCUT2D eigenvalue weighted by molar-refractivity contribution is -0.571. The van der Waals surface area contributed by atoms with E-state index in [2.05, 4.69) is 176 Å². The molecule has 7 nitrogen and oxygen atoms in total. The Morgan fingerprint density at radius 1 is 0.459 bits per heavy atom. The summed E-state index contributed by atoms with van der Waals surface area (Å²) in [6.07, 6.45) is 5.68. The van der Waals surface area contributed by atoms with Crippen LogP contribution in [0.4, 0.5) is 0 Å². The number of ether oxygens (including phenoxy) is 1. The molecule has 0 N–H and O–H groups in total. The number of furan rings is 1. The molecule has 13 rings (SSSR count). The van der Waals surface area contributed by atoms with Gasteiger partial charge in [0.25, 0.3) is 6.33 Å². The van der Waals surface area contributed by atoms with Crippen LogP contribution in [0.5, 0.6) is 11.5 Å². The van der Waals surface area contributed by atoms with Crippen LogP contribution in [0.25, 0.3) is 99.5 Å². The van der Waals surface area contributed by atoms with Crippen molar-refractivity contribution in [2.45, 2.75) is 0 Å². The number of pyridine rings is 1. The van der Waals surface area contributed by atoms with Crippen LogP contribution in [0.2, 0.25) is 0 Å². The van der Waals surface area contributed by atoms with Gasteiger partial charge in [-0.25, -0.2) is 4.98 Å². The second kappa shape index (κ2) is 13.0.